The molecule has 0 N–H and O–H groups in total. The SMILES string of the molecule is CC(C(=O)OC(OC1CC2CCC1C2)C1(C)CC2CCC1C2)C(C)c1ccc(C(C)(C)C)cc1. The van der Waals surface area contributed by atoms with E-state index in [1.165, 1.54) is 49.7 Å². The first kappa shape index (κ1) is 24.3. The molecule has 9 atom stereocenters. The van der Waals surface area contributed by atoms with Gasteiger partial charge in [-0.3, -0.25) is 4.79 Å². The van der Waals surface area contributed by atoms with Crippen LogP contribution in [0.15, 0.2) is 24.3 Å². The van der Waals surface area contributed by atoms with Crippen LogP contribution in [0.25, 0.3) is 0 Å². The number of rotatable bonds is 7. The summed E-state index contributed by atoms with van der Waals surface area (Å²) in [4.78, 5) is 13.5. The molecule has 3 nitrogen and oxygen atoms in total. The molecule has 1 aromatic rings. The topological polar surface area (TPSA) is 35.5 Å². The average molecular weight is 467 g/mol. The Labute approximate surface area is 207 Å². The highest BCUT2D eigenvalue weighted by molar-refractivity contribution is 5.73. The monoisotopic (exact) mass is 466 g/mol. The molecule has 4 bridgehead atoms. The predicted octanol–water partition coefficient (Wildman–Crippen LogP) is 7.62. The Hall–Kier alpha value is -1.35. The Morgan fingerprint density at radius 2 is 1.68 bits per heavy atom. The fourth-order valence-corrected chi connectivity index (χ4v) is 7.76. The van der Waals surface area contributed by atoms with E-state index in [0.29, 0.717) is 11.8 Å². The van der Waals surface area contributed by atoms with Gasteiger partial charge in [0.05, 0.1) is 12.0 Å². The molecule has 188 valence electrons. The minimum atomic E-state index is -0.391. The van der Waals surface area contributed by atoms with Gasteiger partial charge in [0.1, 0.15) is 0 Å². The van der Waals surface area contributed by atoms with Gasteiger partial charge in [0.25, 0.3) is 0 Å². The Bertz CT molecular complexity index is 883. The highest BCUT2D eigenvalue weighted by Gasteiger charge is 2.56. The van der Waals surface area contributed by atoms with E-state index in [0.717, 1.165) is 24.7 Å². The Morgan fingerprint density at radius 1 is 0.971 bits per heavy atom. The number of benzene rings is 1. The Kier molecular flexibility index (Phi) is 6.41. The normalized spacial score (nSPS) is 37.1. The van der Waals surface area contributed by atoms with Gasteiger partial charge in [-0.05, 0) is 91.1 Å². The maximum absolute atomic E-state index is 13.5. The van der Waals surface area contributed by atoms with Crippen molar-refractivity contribution in [3.05, 3.63) is 35.4 Å². The third-order valence-electron chi connectivity index (χ3n) is 10.4. The predicted molar refractivity (Wildman–Crippen MR) is 136 cm³/mol. The standard InChI is InChI=1S/C31H46O3/c1-19(23-10-13-25(14-11-23)30(3,4)5)20(2)28(32)34-29(31(6)18-22-8-12-26(31)16-22)33-27-17-21-7-9-24(27)15-21/h10-11,13-14,19-22,24,26-27,29H,7-9,12,15-18H2,1-6H3. The molecule has 4 aliphatic carbocycles. The summed E-state index contributed by atoms with van der Waals surface area (Å²) in [5, 5.41) is 0. The minimum Gasteiger partial charge on any atom is -0.435 e. The summed E-state index contributed by atoms with van der Waals surface area (Å²) in [6.07, 6.45) is 10.1. The van der Waals surface area contributed by atoms with Crippen LogP contribution in [0.4, 0.5) is 0 Å². The van der Waals surface area contributed by atoms with Gasteiger partial charge < -0.3 is 9.47 Å². The fourth-order valence-electron chi connectivity index (χ4n) is 7.76. The third kappa shape index (κ3) is 4.47. The van der Waals surface area contributed by atoms with Gasteiger partial charge >= 0.3 is 5.97 Å². The molecule has 4 fully saturated rings. The number of hydrogen-bond donors (Lipinski definition) is 0. The highest BCUT2D eigenvalue weighted by Crippen LogP contribution is 2.59. The second kappa shape index (κ2) is 8.95. The maximum Gasteiger partial charge on any atom is 0.311 e. The number of ether oxygens (including phenoxy) is 2. The summed E-state index contributed by atoms with van der Waals surface area (Å²) in [5.41, 5.74) is 2.63. The Morgan fingerprint density at radius 3 is 2.21 bits per heavy atom. The molecule has 0 heterocycles. The van der Waals surface area contributed by atoms with Crippen molar-refractivity contribution in [1.29, 1.82) is 0 Å². The smallest absolute Gasteiger partial charge is 0.311 e. The number of hydrogen-bond acceptors (Lipinski definition) is 3. The molecule has 0 radical (unpaired) electrons. The summed E-state index contributed by atoms with van der Waals surface area (Å²) < 4.78 is 13.2. The van der Waals surface area contributed by atoms with Crippen LogP contribution in [0, 0.1) is 35.0 Å². The molecule has 4 aliphatic rings. The number of esters is 1. The van der Waals surface area contributed by atoms with Crippen LogP contribution in [0.3, 0.4) is 0 Å². The van der Waals surface area contributed by atoms with Gasteiger partial charge in [-0.15, -0.1) is 0 Å². The van der Waals surface area contributed by atoms with Crippen LogP contribution in [-0.4, -0.2) is 18.4 Å². The van der Waals surface area contributed by atoms with E-state index in [1.54, 1.807) is 0 Å². The van der Waals surface area contributed by atoms with Crippen LogP contribution < -0.4 is 0 Å². The first-order valence-corrected chi connectivity index (χ1v) is 14.0. The molecule has 5 rings (SSSR count). The first-order valence-electron chi connectivity index (χ1n) is 14.0. The molecule has 0 aromatic heterocycles. The molecule has 0 saturated heterocycles. The average Bonchev–Trinajstić information content (AvgIpc) is 3.59. The number of carbonyl (C=O) groups is 1. The molecule has 0 aliphatic heterocycles. The summed E-state index contributed by atoms with van der Waals surface area (Å²) in [6, 6.07) is 8.80. The third-order valence-corrected chi connectivity index (χ3v) is 10.4. The summed E-state index contributed by atoms with van der Waals surface area (Å²) in [6.45, 7) is 13.2. The molecule has 34 heavy (non-hydrogen) atoms. The van der Waals surface area contributed by atoms with Crippen molar-refractivity contribution >= 4 is 5.97 Å². The van der Waals surface area contributed by atoms with Crippen molar-refractivity contribution in [2.45, 2.75) is 117 Å². The van der Waals surface area contributed by atoms with Crippen molar-refractivity contribution in [3.8, 4) is 0 Å². The molecular weight excluding hydrogens is 420 g/mol. The largest absolute Gasteiger partial charge is 0.435 e. The molecule has 9 unspecified atom stereocenters. The lowest BCUT2D eigenvalue weighted by Gasteiger charge is -2.42. The van der Waals surface area contributed by atoms with Crippen molar-refractivity contribution in [2.24, 2.45) is 35.0 Å². The van der Waals surface area contributed by atoms with Gasteiger partial charge in [-0.1, -0.05) is 72.2 Å². The lowest BCUT2D eigenvalue weighted by atomic mass is 9.74. The lowest BCUT2D eigenvalue weighted by molar-refractivity contribution is -0.241. The van der Waals surface area contributed by atoms with Crippen LogP contribution in [-0.2, 0) is 19.7 Å². The van der Waals surface area contributed by atoms with Crippen LogP contribution in [0.2, 0.25) is 0 Å². The molecular formula is C31H46O3. The van der Waals surface area contributed by atoms with Crippen molar-refractivity contribution in [2.75, 3.05) is 0 Å². The first-order chi connectivity index (χ1) is 16.0. The molecule has 3 heteroatoms. The molecule has 0 spiro atoms. The molecule has 1 aromatic carbocycles. The summed E-state index contributed by atoms with van der Waals surface area (Å²) in [5.74, 6) is 2.74. The van der Waals surface area contributed by atoms with Crippen LogP contribution in [0.5, 0.6) is 0 Å². The fraction of sp³-hybridized carbons (Fsp3) is 0.774. The van der Waals surface area contributed by atoms with Crippen molar-refractivity contribution in [1.82, 2.24) is 0 Å². The summed E-state index contributed by atoms with van der Waals surface area (Å²) in [7, 11) is 0. The van der Waals surface area contributed by atoms with Crippen LogP contribution >= 0.6 is 0 Å². The van der Waals surface area contributed by atoms with E-state index in [2.05, 4.69) is 58.9 Å². The minimum absolute atomic E-state index is 0.0300. The van der Waals surface area contributed by atoms with E-state index < -0.39 is 6.29 Å². The van der Waals surface area contributed by atoms with E-state index in [4.69, 9.17) is 9.47 Å². The van der Waals surface area contributed by atoms with Gasteiger partial charge in [0.2, 0.25) is 6.29 Å². The number of carbonyl (C=O) groups excluding carboxylic acids is 1. The molecule has 4 saturated carbocycles. The highest BCUT2D eigenvalue weighted by atomic mass is 16.7. The maximum atomic E-state index is 13.5. The summed E-state index contributed by atoms with van der Waals surface area (Å²) >= 11 is 0. The van der Waals surface area contributed by atoms with Crippen molar-refractivity contribution < 1.29 is 14.3 Å². The van der Waals surface area contributed by atoms with E-state index in [9.17, 15) is 4.79 Å². The lowest BCUT2D eigenvalue weighted by Crippen LogP contribution is -2.45. The quantitative estimate of drug-likeness (QED) is 0.306. The van der Waals surface area contributed by atoms with Gasteiger partial charge in [-0.2, -0.15) is 0 Å². The van der Waals surface area contributed by atoms with E-state index >= 15 is 0 Å². The second-order valence-electron chi connectivity index (χ2n) is 13.7. The van der Waals surface area contributed by atoms with Gasteiger partial charge in [0, 0.05) is 5.41 Å². The zero-order chi connectivity index (χ0) is 24.3. The van der Waals surface area contributed by atoms with Gasteiger partial charge in [-0.25, -0.2) is 0 Å². The second-order valence-corrected chi connectivity index (χ2v) is 13.7. The Balaban J connectivity index is 1.29. The molecule has 0 amide bonds. The number of fused-ring (bicyclic) bond motifs is 4. The van der Waals surface area contributed by atoms with E-state index in [-0.39, 0.29) is 34.7 Å². The van der Waals surface area contributed by atoms with Crippen molar-refractivity contribution in [3.63, 3.8) is 0 Å². The van der Waals surface area contributed by atoms with Gasteiger partial charge in [0.15, 0.2) is 0 Å². The zero-order valence-electron chi connectivity index (χ0n) is 22.3. The van der Waals surface area contributed by atoms with E-state index in [1.807, 2.05) is 6.92 Å². The zero-order valence-corrected chi connectivity index (χ0v) is 22.3. The van der Waals surface area contributed by atoms with Crippen LogP contribution in [0.1, 0.15) is 110 Å².